The number of benzene rings is 1. The Bertz CT molecular complexity index is 361. The van der Waals surface area contributed by atoms with Crippen molar-refractivity contribution in [3.05, 3.63) is 24.3 Å². The van der Waals surface area contributed by atoms with Gasteiger partial charge in [-0.2, -0.15) is 0 Å². The molecular formula is C15H24N2O. The maximum atomic E-state index is 5.84. The highest BCUT2D eigenvalue weighted by atomic mass is 16.5. The topological polar surface area (TPSA) is 33.3 Å². The number of hydrogen-bond donors (Lipinski definition) is 2. The van der Waals surface area contributed by atoms with Gasteiger partial charge in [0, 0.05) is 24.3 Å². The third kappa shape index (κ3) is 3.91. The molecule has 3 nitrogen and oxygen atoms in total. The molecule has 2 N–H and O–H groups in total. The number of hydrogen-bond acceptors (Lipinski definition) is 3. The van der Waals surface area contributed by atoms with Crippen LogP contribution in [0.1, 0.15) is 33.1 Å². The molecule has 0 aliphatic carbocycles. The summed E-state index contributed by atoms with van der Waals surface area (Å²) in [7, 11) is 0. The van der Waals surface area contributed by atoms with Gasteiger partial charge >= 0.3 is 0 Å². The van der Waals surface area contributed by atoms with E-state index in [1.54, 1.807) is 0 Å². The van der Waals surface area contributed by atoms with Crippen LogP contribution in [-0.4, -0.2) is 25.2 Å². The maximum Gasteiger partial charge on any atom is 0.121 e. The molecule has 1 aromatic carbocycles. The van der Waals surface area contributed by atoms with E-state index in [0.29, 0.717) is 6.04 Å². The maximum absolute atomic E-state index is 5.84. The van der Waals surface area contributed by atoms with Crippen LogP contribution in [0.25, 0.3) is 0 Å². The molecule has 2 unspecified atom stereocenters. The fraction of sp³-hybridized carbons (Fsp3) is 0.600. The van der Waals surface area contributed by atoms with E-state index in [9.17, 15) is 0 Å². The smallest absolute Gasteiger partial charge is 0.121 e. The van der Waals surface area contributed by atoms with Gasteiger partial charge in [0.05, 0.1) is 6.10 Å². The molecule has 0 spiro atoms. The van der Waals surface area contributed by atoms with Crippen LogP contribution in [-0.2, 0) is 0 Å². The third-order valence-corrected chi connectivity index (χ3v) is 3.41. The summed E-state index contributed by atoms with van der Waals surface area (Å²) in [5.74, 6) is 0.957. The molecule has 1 fully saturated rings. The molecule has 1 heterocycles. The van der Waals surface area contributed by atoms with Crippen LogP contribution >= 0.6 is 0 Å². The zero-order chi connectivity index (χ0) is 12.8. The third-order valence-electron chi connectivity index (χ3n) is 3.41. The lowest BCUT2D eigenvalue weighted by Crippen LogP contribution is -2.38. The van der Waals surface area contributed by atoms with Gasteiger partial charge in [-0.25, -0.2) is 0 Å². The highest BCUT2D eigenvalue weighted by Gasteiger charge is 2.12. The first-order valence-electron chi connectivity index (χ1n) is 7.02. The first-order chi connectivity index (χ1) is 8.78. The van der Waals surface area contributed by atoms with E-state index in [1.165, 1.54) is 12.8 Å². The summed E-state index contributed by atoms with van der Waals surface area (Å²) in [6.45, 7) is 6.44. The summed E-state index contributed by atoms with van der Waals surface area (Å²) < 4.78 is 5.84. The van der Waals surface area contributed by atoms with Crippen molar-refractivity contribution in [2.75, 3.05) is 18.4 Å². The lowest BCUT2D eigenvalue weighted by atomic mass is 10.1. The van der Waals surface area contributed by atoms with Gasteiger partial charge in [0.15, 0.2) is 0 Å². The Labute approximate surface area is 110 Å². The summed E-state index contributed by atoms with van der Waals surface area (Å²) in [6.07, 6.45) is 3.80. The van der Waals surface area contributed by atoms with Crippen molar-refractivity contribution in [3.63, 3.8) is 0 Å². The van der Waals surface area contributed by atoms with Crippen LogP contribution < -0.4 is 15.4 Å². The van der Waals surface area contributed by atoms with E-state index in [1.807, 2.05) is 6.07 Å². The van der Waals surface area contributed by atoms with Crippen LogP contribution in [0.2, 0.25) is 0 Å². The molecule has 1 saturated heterocycles. The van der Waals surface area contributed by atoms with E-state index in [-0.39, 0.29) is 6.10 Å². The van der Waals surface area contributed by atoms with Crippen molar-refractivity contribution < 1.29 is 4.74 Å². The van der Waals surface area contributed by atoms with E-state index in [2.05, 4.69) is 42.7 Å². The van der Waals surface area contributed by atoms with Crippen molar-refractivity contribution in [3.8, 4) is 5.75 Å². The van der Waals surface area contributed by atoms with Crippen LogP contribution in [0, 0.1) is 0 Å². The predicted octanol–water partition coefficient (Wildman–Crippen LogP) is 3.03. The Kier molecular flexibility index (Phi) is 4.88. The molecule has 0 amide bonds. The average molecular weight is 248 g/mol. The Morgan fingerprint density at radius 2 is 2.39 bits per heavy atom. The second kappa shape index (κ2) is 6.64. The van der Waals surface area contributed by atoms with Crippen LogP contribution in [0.15, 0.2) is 24.3 Å². The molecule has 18 heavy (non-hydrogen) atoms. The second-order valence-corrected chi connectivity index (χ2v) is 5.05. The van der Waals surface area contributed by atoms with Gasteiger partial charge in [-0.05, 0) is 44.9 Å². The van der Waals surface area contributed by atoms with Gasteiger partial charge in [0.1, 0.15) is 5.75 Å². The van der Waals surface area contributed by atoms with E-state index in [4.69, 9.17) is 4.74 Å². The van der Waals surface area contributed by atoms with Crippen molar-refractivity contribution in [2.24, 2.45) is 0 Å². The minimum absolute atomic E-state index is 0.275. The molecule has 0 bridgehead atoms. The van der Waals surface area contributed by atoms with Gasteiger partial charge < -0.3 is 15.4 Å². The largest absolute Gasteiger partial charge is 0.491 e. The molecule has 3 heteroatoms. The molecule has 0 radical (unpaired) electrons. The standard InChI is InChI=1S/C15H24N2O/c1-3-12(2)18-15-8-4-6-13(10-15)17-14-7-5-9-16-11-14/h4,6,8,10,12,14,16-17H,3,5,7,9,11H2,1-2H3. The molecule has 1 aromatic rings. The zero-order valence-corrected chi connectivity index (χ0v) is 11.4. The first kappa shape index (κ1) is 13.2. The van der Waals surface area contributed by atoms with Crippen LogP contribution in [0.3, 0.4) is 0 Å². The monoisotopic (exact) mass is 248 g/mol. The number of nitrogens with one attached hydrogen (secondary N) is 2. The van der Waals surface area contributed by atoms with Crippen LogP contribution in [0.4, 0.5) is 5.69 Å². The van der Waals surface area contributed by atoms with E-state index in [0.717, 1.165) is 30.9 Å². The SMILES string of the molecule is CCC(C)Oc1cccc(NC2CCCNC2)c1. The predicted molar refractivity (Wildman–Crippen MR) is 76.3 cm³/mol. The van der Waals surface area contributed by atoms with Crippen molar-refractivity contribution in [2.45, 2.75) is 45.3 Å². The molecule has 1 aliphatic rings. The van der Waals surface area contributed by atoms with Crippen molar-refractivity contribution >= 4 is 5.69 Å². The molecule has 1 aliphatic heterocycles. The summed E-state index contributed by atoms with van der Waals surface area (Å²) in [4.78, 5) is 0. The average Bonchev–Trinajstić information content (AvgIpc) is 2.40. The highest BCUT2D eigenvalue weighted by Crippen LogP contribution is 2.20. The Balaban J connectivity index is 1.93. The molecule has 0 aromatic heterocycles. The molecular weight excluding hydrogens is 224 g/mol. The molecule has 2 atom stereocenters. The van der Waals surface area contributed by atoms with Gasteiger partial charge in [-0.1, -0.05) is 13.0 Å². The van der Waals surface area contributed by atoms with Gasteiger partial charge in [-0.3, -0.25) is 0 Å². The Morgan fingerprint density at radius 1 is 1.50 bits per heavy atom. The first-order valence-corrected chi connectivity index (χ1v) is 7.02. The Hall–Kier alpha value is -1.22. The summed E-state index contributed by atoms with van der Waals surface area (Å²) >= 11 is 0. The van der Waals surface area contributed by atoms with Crippen LogP contribution in [0.5, 0.6) is 5.75 Å². The summed E-state index contributed by atoms with van der Waals surface area (Å²) in [6, 6.07) is 8.82. The number of rotatable bonds is 5. The minimum Gasteiger partial charge on any atom is -0.491 e. The number of anilines is 1. The quantitative estimate of drug-likeness (QED) is 0.840. The fourth-order valence-electron chi connectivity index (χ4n) is 2.19. The van der Waals surface area contributed by atoms with Gasteiger partial charge in [-0.15, -0.1) is 0 Å². The highest BCUT2D eigenvalue weighted by molar-refractivity contribution is 5.49. The number of ether oxygens (including phenoxy) is 1. The van der Waals surface area contributed by atoms with Crippen molar-refractivity contribution in [1.82, 2.24) is 5.32 Å². The summed E-state index contributed by atoms with van der Waals surface area (Å²) in [5.41, 5.74) is 1.16. The fourth-order valence-corrected chi connectivity index (χ4v) is 2.19. The second-order valence-electron chi connectivity index (χ2n) is 5.05. The minimum atomic E-state index is 0.275. The zero-order valence-electron chi connectivity index (χ0n) is 11.4. The van der Waals surface area contributed by atoms with Gasteiger partial charge in [0.25, 0.3) is 0 Å². The van der Waals surface area contributed by atoms with Crippen molar-refractivity contribution in [1.29, 1.82) is 0 Å². The molecule has 100 valence electrons. The lowest BCUT2D eigenvalue weighted by molar-refractivity contribution is 0.217. The lowest BCUT2D eigenvalue weighted by Gasteiger charge is -2.25. The summed E-state index contributed by atoms with van der Waals surface area (Å²) in [5, 5.41) is 6.99. The van der Waals surface area contributed by atoms with E-state index >= 15 is 0 Å². The molecule has 0 saturated carbocycles. The van der Waals surface area contributed by atoms with E-state index < -0.39 is 0 Å². The van der Waals surface area contributed by atoms with Gasteiger partial charge in [0.2, 0.25) is 0 Å². The number of piperidine rings is 1. The molecule has 2 rings (SSSR count). The normalized spacial score (nSPS) is 21.3. The Morgan fingerprint density at radius 3 is 3.11 bits per heavy atom.